The number of carbonyl (C=O) groups excluding carboxylic acids is 1. The molecule has 1 fully saturated rings. The van der Waals surface area contributed by atoms with Crippen LogP contribution in [0, 0.1) is 5.92 Å². The van der Waals surface area contributed by atoms with Gasteiger partial charge in [0, 0.05) is 35.7 Å². The minimum Gasteiger partial charge on any atom is -0.312 e. The predicted octanol–water partition coefficient (Wildman–Crippen LogP) is 5.18. The Morgan fingerprint density at radius 3 is 2.26 bits per heavy atom. The Labute approximate surface area is 209 Å². The number of hydrogen-bond acceptors (Lipinski definition) is 3. The summed E-state index contributed by atoms with van der Waals surface area (Å²) in [6, 6.07) is 23.1. The molecule has 0 saturated heterocycles. The predicted molar refractivity (Wildman–Crippen MR) is 137 cm³/mol. The molecule has 34 heavy (non-hydrogen) atoms. The molecular weight excluding hydrogens is 512 g/mol. The van der Waals surface area contributed by atoms with Crippen LogP contribution in [0.3, 0.4) is 0 Å². The van der Waals surface area contributed by atoms with Gasteiger partial charge < -0.3 is 4.90 Å². The lowest BCUT2D eigenvalue weighted by atomic mass is 10.1. The highest BCUT2D eigenvalue weighted by Gasteiger charge is 2.38. The fourth-order valence-electron chi connectivity index (χ4n) is 4.47. The third kappa shape index (κ3) is 4.83. The van der Waals surface area contributed by atoms with E-state index in [2.05, 4.69) is 15.9 Å². The van der Waals surface area contributed by atoms with Crippen LogP contribution in [0.4, 0.5) is 5.69 Å². The average Bonchev–Trinajstić information content (AvgIpc) is 3.62. The molecule has 0 N–H and O–H groups in total. The normalized spacial score (nSPS) is 15.5. The summed E-state index contributed by atoms with van der Waals surface area (Å²) in [6.45, 7) is 1.25. The van der Waals surface area contributed by atoms with Gasteiger partial charge in [0.1, 0.15) is 0 Å². The van der Waals surface area contributed by atoms with Gasteiger partial charge in [-0.25, -0.2) is 8.42 Å². The van der Waals surface area contributed by atoms with Gasteiger partial charge in [0.15, 0.2) is 0 Å². The molecule has 0 atom stereocenters. The number of rotatable bonds is 8. The monoisotopic (exact) mass is 538 g/mol. The van der Waals surface area contributed by atoms with Crippen LogP contribution < -0.4 is 4.90 Å². The Balaban J connectivity index is 1.49. The van der Waals surface area contributed by atoms with Crippen molar-refractivity contribution in [1.29, 1.82) is 0 Å². The largest absolute Gasteiger partial charge is 0.312 e. The van der Waals surface area contributed by atoms with Gasteiger partial charge in [0.05, 0.1) is 4.90 Å². The average molecular weight is 539 g/mol. The van der Waals surface area contributed by atoms with E-state index >= 15 is 0 Å². The lowest BCUT2D eigenvalue weighted by molar-refractivity contribution is -0.119. The molecule has 0 bridgehead atoms. The summed E-state index contributed by atoms with van der Waals surface area (Å²) in [4.78, 5) is 14.8. The van der Waals surface area contributed by atoms with Gasteiger partial charge in [0.2, 0.25) is 15.9 Å². The molecule has 0 radical (unpaired) electrons. The summed E-state index contributed by atoms with van der Waals surface area (Å²) in [7, 11) is -3.83. The Kier molecular flexibility index (Phi) is 6.60. The zero-order valence-electron chi connectivity index (χ0n) is 18.9. The number of benzene rings is 3. The Hall–Kier alpha value is -2.48. The van der Waals surface area contributed by atoms with Crippen molar-refractivity contribution in [3.05, 3.63) is 94.0 Å². The van der Waals surface area contributed by atoms with Crippen molar-refractivity contribution in [2.24, 2.45) is 5.92 Å². The number of nitrogens with zero attached hydrogens (tertiary/aromatic N) is 2. The first-order chi connectivity index (χ1) is 16.4. The van der Waals surface area contributed by atoms with Crippen LogP contribution in [0.1, 0.15) is 29.5 Å². The van der Waals surface area contributed by atoms with Crippen molar-refractivity contribution in [3.63, 3.8) is 0 Å². The first kappa shape index (κ1) is 23.3. The van der Waals surface area contributed by atoms with Crippen LogP contribution in [0.5, 0.6) is 0 Å². The minimum absolute atomic E-state index is 0.0927. The van der Waals surface area contributed by atoms with E-state index in [1.807, 2.05) is 66.7 Å². The zero-order valence-corrected chi connectivity index (χ0v) is 21.3. The number of anilines is 1. The van der Waals surface area contributed by atoms with Crippen molar-refractivity contribution >= 4 is 37.5 Å². The highest BCUT2D eigenvalue weighted by molar-refractivity contribution is 9.10. The fraction of sp³-hybridized carbons (Fsp3) is 0.296. The van der Waals surface area contributed by atoms with E-state index in [1.165, 1.54) is 0 Å². The maximum atomic E-state index is 14.0. The molecule has 2 aliphatic rings. The van der Waals surface area contributed by atoms with Gasteiger partial charge >= 0.3 is 0 Å². The van der Waals surface area contributed by atoms with Crippen LogP contribution in [-0.4, -0.2) is 31.7 Å². The fourth-order valence-corrected chi connectivity index (χ4v) is 6.97. The summed E-state index contributed by atoms with van der Waals surface area (Å²) >= 11 is 3.52. The van der Waals surface area contributed by atoms with E-state index in [9.17, 15) is 13.2 Å². The second kappa shape index (κ2) is 9.64. The molecule has 1 amide bonds. The van der Waals surface area contributed by atoms with Gasteiger partial charge in [-0.3, -0.25) is 4.79 Å². The molecule has 1 aliphatic heterocycles. The van der Waals surface area contributed by atoms with E-state index < -0.39 is 10.0 Å². The summed E-state index contributed by atoms with van der Waals surface area (Å²) in [6.07, 6.45) is 3.21. The molecular formula is C27H27BrN2O3S. The molecule has 5 nitrogen and oxygen atoms in total. The van der Waals surface area contributed by atoms with Crippen LogP contribution >= 0.6 is 15.9 Å². The maximum absolute atomic E-state index is 14.0. The van der Waals surface area contributed by atoms with Crippen LogP contribution in [-0.2, 0) is 34.2 Å². The van der Waals surface area contributed by atoms with Gasteiger partial charge in [0.25, 0.3) is 0 Å². The molecule has 3 aromatic rings. The number of sulfonamides is 1. The maximum Gasteiger partial charge on any atom is 0.244 e. The van der Waals surface area contributed by atoms with Crippen molar-refractivity contribution in [1.82, 2.24) is 4.31 Å². The van der Waals surface area contributed by atoms with Crippen molar-refractivity contribution in [2.75, 3.05) is 18.0 Å². The SMILES string of the molecule is O=C(C1CC1)N1CCc2cc(Br)c(S(=O)(=O)N(CCc3ccccc3)Cc3ccccc3)cc21. The zero-order chi connectivity index (χ0) is 23.7. The van der Waals surface area contributed by atoms with Gasteiger partial charge in [-0.2, -0.15) is 4.31 Å². The molecule has 1 heterocycles. The van der Waals surface area contributed by atoms with E-state index in [0.717, 1.165) is 41.6 Å². The lowest BCUT2D eigenvalue weighted by Crippen LogP contribution is -2.33. The van der Waals surface area contributed by atoms with Crippen LogP contribution in [0.2, 0.25) is 0 Å². The Bertz CT molecular complexity index is 1290. The summed E-state index contributed by atoms with van der Waals surface area (Å²) < 4.78 is 30.1. The first-order valence-electron chi connectivity index (χ1n) is 11.7. The number of halogens is 1. The van der Waals surface area contributed by atoms with Gasteiger partial charge in [-0.15, -0.1) is 0 Å². The molecule has 0 aromatic heterocycles. The number of carbonyl (C=O) groups is 1. The molecule has 1 saturated carbocycles. The van der Waals surface area contributed by atoms with Gasteiger partial charge in [-0.1, -0.05) is 60.7 Å². The second-order valence-corrected chi connectivity index (χ2v) is 11.7. The molecule has 7 heteroatoms. The first-order valence-corrected chi connectivity index (χ1v) is 13.9. The van der Waals surface area contributed by atoms with Crippen LogP contribution in [0.25, 0.3) is 0 Å². The summed E-state index contributed by atoms with van der Waals surface area (Å²) in [5.74, 6) is 0.213. The van der Waals surface area contributed by atoms with E-state index in [4.69, 9.17) is 0 Å². The standard InChI is InChI=1S/C27H27BrN2O3S/c28-24-17-23-14-16-30(27(31)22-11-12-22)25(23)18-26(24)34(32,33)29(19-21-9-5-2-6-10-21)15-13-20-7-3-1-4-8-20/h1-10,17-18,22H,11-16,19H2. The van der Waals surface area contributed by atoms with Gasteiger partial charge in [-0.05, 0) is 70.4 Å². The van der Waals surface area contributed by atoms with Crippen LogP contribution in [0.15, 0.2) is 82.2 Å². The quantitative estimate of drug-likeness (QED) is 0.397. The third-order valence-electron chi connectivity index (χ3n) is 6.53. The Morgan fingerprint density at radius 2 is 1.62 bits per heavy atom. The Morgan fingerprint density at radius 1 is 0.971 bits per heavy atom. The molecule has 0 spiro atoms. The number of hydrogen-bond donors (Lipinski definition) is 0. The third-order valence-corrected chi connectivity index (χ3v) is 9.34. The number of fused-ring (bicyclic) bond motifs is 1. The van der Waals surface area contributed by atoms with E-state index in [0.29, 0.717) is 24.0 Å². The van der Waals surface area contributed by atoms with Crippen molar-refractivity contribution in [3.8, 4) is 0 Å². The summed E-state index contributed by atoms with van der Waals surface area (Å²) in [5, 5.41) is 0. The van der Waals surface area contributed by atoms with E-state index in [-0.39, 0.29) is 23.3 Å². The minimum atomic E-state index is -3.83. The molecule has 5 rings (SSSR count). The highest BCUT2D eigenvalue weighted by Crippen LogP contribution is 2.40. The highest BCUT2D eigenvalue weighted by atomic mass is 79.9. The molecule has 3 aromatic carbocycles. The smallest absolute Gasteiger partial charge is 0.244 e. The number of amides is 1. The molecule has 0 unspecified atom stereocenters. The summed E-state index contributed by atoms with van der Waals surface area (Å²) in [5.41, 5.74) is 3.77. The van der Waals surface area contributed by atoms with E-state index in [1.54, 1.807) is 15.3 Å². The topological polar surface area (TPSA) is 57.7 Å². The molecule has 1 aliphatic carbocycles. The second-order valence-electron chi connectivity index (χ2n) is 8.99. The molecule has 176 valence electrons. The van der Waals surface area contributed by atoms with Crippen molar-refractivity contribution in [2.45, 2.75) is 37.1 Å². The lowest BCUT2D eigenvalue weighted by Gasteiger charge is -2.24. The van der Waals surface area contributed by atoms with Crippen molar-refractivity contribution < 1.29 is 13.2 Å².